The summed E-state index contributed by atoms with van der Waals surface area (Å²) in [7, 11) is 0. The number of hydrogen-bond acceptors (Lipinski definition) is 3. The Bertz CT molecular complexity index is 331. The van der Waals surface area contributed by atoms with Gasteiger partial charge in [-0.2, -0.15) is 5.26 Å². The third-order valence-corrected chi connectivity index (χ3v) is 5.04. The summed E-state index contributed by atoms with van der Waals surface area (Å²) in [5, 5.41) is 12.6. The molecule has 3 unspecified atom stereocenters. The molecule has 3 heteroatoms. The molecule has 2 saturated heterocycles. The normalized spacial score (nSPS) is 31.4. The second kappa shape index (κ2) is 6.24. The van der Waals surface area contributed by atoms with E-state index < -0.39 is 0 Å². The molecule has 19 heavy (non-hydrogen) atoms. The van der Waals surface area contributed by atoms with Gasteiger partial charge in [0.05, 0.1) is 11.5 Å². The highest BCUT2D eigenvalue weighted by molar-refractivity contribution is 4.98. The first-order valence-electron chi connectivity index (χ1n) is 7.93. The molecule has 0 radical (unpaired) electrons. The third kappa shape index (κ3) is 3.49. The summed E-state index contributed by atoms with van der Waals surface area (Å²) in [5.74, 6) is 1.78. The molecule has 2 heterocycles. The van der Waals surface area contributed by atoms with Crippen LogP contribution in [0.25, 0.3) is 0 Å². The van der Waals surface area contributed by atoms with Crippen molar-refractivity contribution in [1.29, 1.82) is 5.26 Å². The van der Waals surface area contributed by atoms with Crippen LogP contribution in [0.5, 0.6) is 0 Å². The standard InChI is InChI=1S/C16H29N3/c1-4-15-14-10-18-9-13(14)11-19(15)8-6-5-7-16(2,3)12-17/h13-15,18H,4-11H2,1-3H3. The van der Waals surface area contributed by atoms with E-state index in [0.29, 0.717) is 0 Å². The highest BCUT2D eigenvalue weighted by atomic mass is 15.2. The van der Waals surface area contributed by atoms with Gasteiger partial charge in [0.1, 0.15) is 0 Å². The fourth-order valence-electron chi connectivity index (χ4n) is 3.87. The molecular formula is C16H29N3. The first-order chi connectivity index (χ1) is 9.07. The largest absolute Gasteiger partial charge is 0.316 e. The highest BCUT2D eigenvalue weighted by Crippen LogP contribution is 2.34. The molecule has 0 spiro atoms. The maximum Gasteiger partial charge on any atom is 0.0683 e. The molecule has 0 amide bonds. The van der Waals surface area contributed by atoms with Crippen molar-refractivity contribution < 1.29 is 0 Å². The summed E-state index contributed by atoms with van der Waals surface area (Å²) in [5.41, 5.74) is -0.143. The van der Waals surface area contributed by atoms with Crippen LogP contribution in [0.3, 0.4) is 0 Å². The predicted octanol–water partition coefficient (Wildman–Crippen LogP) is 2.64. The Morgan fingerprint density at radius 1 is 1.32 bits per heavy atom. The van der Waals surface area contributed by atoms with Crippen molar-refractivity contribution in [3.8, 4) is 6.07 Å². The van der Waals surface area contributed by atoms with Gasteiger partial charge in [0, 0.05) is 12.6 Å². The summed E-state index contributed by atoms with van der Waals surface area (Å²) >= 11 is 0. The number of fused-ring (bicyclic) bond motifs is 1. The van der Waals surface area contributed by atoms with E-state index in [-0.39, 0.29) is 5.41 Å². The van der Waals surface area contributed by atoms with Gasteiger partial charge in [-0.05, 0) is 64.6 Å². The van der Waals surface area contributed by atoms with Crippen LogP contribution in [0.1, 0.15) is 46.5 Å². The van der Waals surface area contributed by atoms with Gasteiger partial charge in [-0.25, -0.2) is 0 Å². The minimum Gasteiger partial charge on any atom is -0.316 e. The Morgan fingerprint density at radius 2 is 2.11 bits per heavy atom. The SMILES string of the molecule is CCC1C2CNCC2CN1CCCCC(C)(C)C#N. The van der Waals surface area contributed by atoms with Gasteiger partial charge < -0.3 is 5.32 Å². The molecule has 0 aromatic rings. The molecule has 0 saturated carbocycles. The molecule has 2 fully saturated rings. The van der Waals surface area contributed by atoms with Crippen LogP contribution in [0.2, 0.25) is 0 Å². The second-order valence-electron chi connectivity index (χ2n) is 7.01. The van der Waals surface area contributed by atoms with Crippen molar-refractivity contribution in [2.45, 2.75) is 52.5 Å². The lowest BCUT2D eigenvalue weighted by molar-refractivity contribution is 0.211. The molecule has 2 rings (SSSR count). The van der Waals surface area contributed by atoms with Crippen molar-refractivity contribution in [2.75, 3.05) is 26.2 Å². The summed E-state index contributed by atoms with van der Waals surface area (Å²) < 4.78 is 0. The molecule has 0 aromatic heterocycles. The zero-order valence-electron chi connectivity index (χ0n) is 12.8. The zero-order chi connectivity index (χ0) is 13.9. The quantitative estimate of drug-likeness (QED) is 0.749. The zero-order valence-corrected chi connectivity index (χ0v) is 12.8. The molecule has 2 aliphatic rings. The van der Waals surface area contributed by atoms with Gasteiger partial charge in [-0.1, -0.05) is 13.3 Å². The fraction of sp³-hybridized carbons (Fsp3) is 0.938. The predicted molar refractivity (Wildman–Crippen MR) is 78.7 cm³/mol. The average Bonchev–Trinajstić information content (AvgIpc) is 2.94. The van der Waals surface area contributed by atoms with Crippen molar-refractivity contribution >= 4 is 0 Å². The Balaban J connectivity index is 1.73. The van der Waals surface area contributed by atoms with Crippen LogP contribution in [-0.2, 0) is 0 Å². The molecule has 0 aliphatic carbocycles. The van der Waals surface area contributed by atoms with E-state index in [1.54, 1.807) is 0 Å². The van der Waals surface area contributed by atoms with Crippen LogP contribution >= 0.6 is 0 Å². The van der Waals surface area contributed by atoms with Gasteiger partial charge in [0.25, 0.3) is 0 Å². The van der Waals surface area contributed by atoms with E-state index in [1.165, 1.54) is 45.4 Å². The van der Waals surface area contributed by atoms with Crippen LogP contribution < -0.4 is 5.32 Å². The molecule has 0 bridgehead atoms. The van der Waals surface area contributed by atoms with E-state index in [9.17, 15) is 0 Å². The number of nitrogens with one attached hydrogen (secondary N) is 1. The first-order valence-corrected chi connectivity index (χ1v) is 7.93. The van der Waals surface area contributed by atoms with E-state index in [0.717, 1.165) is 24.3 Å². The maximum absolute atomic E-state index is 9.03. The van der Waals surface area contributed by atoms with E-state index in [2.05, 4.69) is 23.2 Å². The van der Waals surface area contributed by atoms with Gasteiger partial charge in [0.2, 0.25) is 0 Å². The highest BCUT2D eigenvalue weighted by Gasteiger charge is 2.42. The fourth-order valence-corrected chi connectivity index (χ4v) is 3.87. The maximum atomic E-state index is 9.03. The van der Waals surface area contributed by atoms with Gasteiger partial charge >= 0.3 is 0 Å². The van der Waals surface area contributed by atoms with Crippen molar-refractivity contribution in [3.63, 3.8) is 0 Å². The number of nitriles is 1. The number of hydrogen-bond donors (Lipinski definition) is 1. The minimum absolute atomic E-state index is 0.143. The first kappa shape index (κ1) is 14.8. The number of nitrogens with zero attached hydrogens (tertiary/aromatic N) is 2. The van der Waals surface area contributed by atoms with Crippen LogP contribution in [0.15, 0.2) is 0 Å². The second-order valence-corrected chi connectivity index (χ2v) is 7.01. The van der Waals surface area contributed by atoms with Gasteiger partial charge in [-0.3, -0.25) is 4.90 Å². The van der Waals surface area contributed by atoms with Crippen molar-refractivity contribution in [3.05, 3.63) is 0 Å². The van der Waals surface area contributed by atoms with E-state index in [1.807, 2.05) is 13.8 Å². The van der Waals surface area contributed by atoms with Crippen LogP contribution in [0.4, 0.5) is 0 Å². The van der Waals surface area contributed by atoms with Gasteiger partial charge in [0.15, 0.2) is 0 Å². The summed E-state index contributed by atoms with van der Waals surface area (Å²) in [6, 6.07) is 3.20. The smallest absolute Gasteiger partial charge is 0.0683 e. The summed E-state index contributed by atoms with van der Waals surface area (Å²) in [6.45, 7) is 11.4. The molecule has 2 aliphatic heterocycles. The minimum atomic E-state index is -0.143. The lowest BCUT2D eigenvalue weighted by atomic mass is 9.89. The topological polar surface area (TPSA) is 39.1 Å². The Kier molecular flexibility index (Phi) is 4.86. The number of unbranched alkanes of at least 4 members (excludes halogenated alkanes) is 1. The van der Waals surface area contributed by atoms with E-state index >= 15 is 0 Å². The molecular weight excluding hydrogens is 234 g/mol. The van der Waals surface area contributed by atoms with Crippen molar-refractivity contribution in [2.24, 2.45) is 17.3 Å². The van der Waals surface area contributed by atoms with Crippen molar-refractivity contribution in [1.82, 2.24) is 10.2 Å². The monoisotopic (exact) mass is 263 g/mol. The third-order valence-electron chi connectivity index (χ3n) is 5.04. The molecule has 3 nitrogen and oxygen atoms in total. The average molecular weight is 263 g/mol. The lowest BCUT2D eigenvalue weighted by Gasteiger charge is -2.27. The van der Waals surface area contributed by atoms with Crippen LogP contribution in [-0.4, -0.2) is 37.1 Å². The summed E-state index contributed by atoms with van der Waals surface area (Å²) in [4.78, 5) is 2.72. The van der Waals surface area contributed by atoms with E-state index in [4.69, 9.17) is 5.26 Å². The number of rotatable bonds is 6. The Labute approximate surface area is 118 Å². The lowest BCUT2D eigenvalue weighted by Crippen LogP contribution is -2.35. The number of likely N-dealkylation sites (tertiary alicyclic amines) is 1. The Hall–Kier alpha value is -0.590. The molecule has 1 N–H and O–H groups in total. The Morgan fingerprint density at radius 3 is 2.79 bits per heavy atom. The molecule has 3 atom stereocenters. The molecule has 108 valence electrons. The molecule has 0 aromatic carbocycles. The van der Waals surface area contributed by atoms with Crippen LogP contribution in [0, 0.1) is 28.6 Å². The van der Waals surface area contributed by atoms with Gasteiger partial charge in [-0.15, -0.1) is 0 Å². The summed E-state index contributed by atoms with van der Waals surface area (Å²) in [6.07, 6.45) is 4.74.